The molecule has 0 saturated carbocycles. The third-order valence-corrected chi connectivity index (χ3v) is 14.6. The number of rotatable bonds is 7. The predicted molar refractivity (Wildman–Crippen MR) is 283 cm³/mol. The molecule has 10 aromatic rings. The van der Waals surface area contributed by atoms with E-state index in [9.17, 15) is 0 Å². The Balaban J connectivity index is 1.12. The highest BCUT2D eigenvalue weighted by Gasteiger charge is 2.42. The summed E-state index contributed by atoms with van der Waals surface area (Å²) in [7, 11) is 0. The van der Waals surface area contributed by atoms with Crippen LogP contribution in [0.1, 0.15) is 58.4 Å². The van der Waals surface area contributed by atoms with Crippen molar-refractivity contribution >= 4 is 38.6 Å². The Morgan fingerprint density at radius 2 is 0.687 bits per heavy atom. The minimum atomic E-state index is -0.186. The smallest absolute Gasteiger partial charge is 0.0159 e. The standard InChI is InChI=1S/C67H46/c1-67(2)59-38-36-50(39-56(59)53-37-35-49(40-60(53)67)52-34-20-32-43-25-18-19-33-51(43)52)64-62(47-28-14-6-15-29-47)63(48-30-16-7-17-31-48)66-61(46-26-12-5-13-27-46)57-41-54(44-21-8-3-9-22-44)55(42-58(57)65(64)66)45-23-10-4-11-24-45/h3-42H,1-2H3. The van der Waals surface area contributed by atoms with Crippen molar-refractivity contribution in [1.29, 1.82) is 0 Å². The van der Waals surface area contributed by atoms with Crippen molar-refractivity contribution in [1.82, 2.24) is 0 Å². The molecule has 0 radical (unpaired) electrons. The average Bonchev–Trinajstić information content (AvgIpc) is 3.99. The molecule has 0 saturated heterocycles. The van der Waals surface area contributed by atoms with E-state index in [2.05, 4.69) is 257 Å². The largest absolute Gasteiger partial charge is 0.0622 e. The summed E-state index contributed by atoms with van der Waals surface area (Å²) in [6.07, 6.45) is 0. The molecule has 13 rings (SSSR count). The molecular formula is C67H46. The summed E-state index contributed by atoms with van der Waals surface area (Å²) in [5.74, 6) is 0. The zero-order chi connectivity index (χ0) is 44.6. The fourth-order valence-corrected chi connectivity index (χ4v) is 11.5. The first-order valence-electron chi connectivity index (χ1n) is 23.5. The lowest BCUT2D eigenvalue weighted by Gasteiger charge is -2.23. The summed E-state index contributed by atoms with van der Waals surface area (Å²) in [4.78, 5) is 0. The third kappa shape index (κ3) is 6.14. The van der Waals surface area contributed by atoms with E-state index < -0.39 is 0 Å². The van der Waals surface area contributed by atoms with Gasteiger partial charge in [0, 0.05) is 5.41 Å². The second kappa shape index (κ2) is 15.4. The fraction of sp³-hybridized carbons (Fsp3) is 0.0448. The maximum Gasteiger partial charge on any atom is 0.0159 e. The molecule has 67 heavy (non-hydrogen) atoms. The van der Waals surface area contributed by atoms with Crippen LogP contribution >= 0.6 is 0 Å². The molecule has 3 aliphatic carbocycles. The highest BCUT2D eigenvalue weighted by molar-refractivity contribution is 6.39. The van der Waals surface area contributed by atoms with Crippen LogP contribution in [0.5, 0.6) is 0 Å². The molecule has 0 atom stereocenters. The van der Waals surface area contributed by atoms with E-state index in [0.29, 0.717) is 0 Å². The maximum absolute atomic E-state index is 2.52. The Hall–Kier alpha value is -8.32. The second-order valence-corrected chi connectivity index (χ2v) is 18.7. The molecule has 0 aliphatic heterocycles. The van der Waals surface area contributed by atoms with Gasteiger partial charge in [0.05, 0.1) is 0 Å². The molecule has 0 nitrogen and oxygen atoms in total. The Morgan fingerprint density at radius 3 is 1.28 bits per heavy atom. The quantitative estimate of drug-likeness (QED) is 0.150. The fourth-order valence-electron chi connectivity index (χ4n) is 11.5. The van der Waals surface area contributed by atoms with Crippen LogP contribution in [0.15, 0.2) is 248 Å². The van der Waals surface area contributed by atoms with Gasteiger partial charge in [-0.15, -0.1) is 0 Å². The summed E-state index contributed by atoms with van der Waals surface area (Å²) in [6, 6.07) is 90.2. The van der Waals surface area contributed by atoms with E-state index in [-0.39, 0.29) is 5.41 Å². The van der Waals surface area contributed by atoms with Crippen molar-refractivity contribution in [3.63, 3.8) is 0 Å². The summed E-state index contributed by atoms with van der Waals surface area (Å²) in [5, 5.41) is 2.55. The van der Waals surface area contributed by atoms with Gasteiger partial charge < -0.3 is 0 Å². The van der Waals surface area contributed by atoms with Gasteiger partial charge in [-0.3, -0.25) is 0 Å². The molecule has 0 bridgehead atoms. The predicted octanol–water partition coefficient (Wildman–Crippen LogP) is 17.5. The number of hydrogen-bond donors (Lipinski definition) is 0. The first kappa shape index (κ1) is 39.1. The Morgan fingerprint density at radius 1 is 0.224 bits per heavy atom. The Labute approximate surface area is 393 Å². The third-order valence-electron chi connectivity index (χ3n) is 14.6. The van der Waals surface area contributed by atoms with Gasteiger partial charge in [0.2, 0.25) is 0 Å². The van der Waals surface area contributed by atoms with Crippen molar-refractivity contribution in [3.8, 4) is 44.5 Å². The lowest BCUT2D eigenvalue weighted by Crippen LogP contribution is -2.15. The van der Waals surface area contributed by atoms with E-state index in [0.717, 1.165) is 0 Å². The Kier molecular flexibility index (Phi) is 8.98. The molecule has 0 aromatic heterocycles. The van der Waals surface area contributed by atoms with E-state index in [1.165, 1.54) is 133 Å². The lowest BCUT2D eigenvalue weighted by molar-refractivity contribution is 0.660. The van der Waals surface area contributed by atoms with Gasteiger partial charge in [0.1, 0.15) is 0 Å². The van der Waals surface area contributed by atoms with Crippen molar-refractivity contribution in [2.45, 2.75) is 19.3 Å². The van der Waals surface area contributed by atoms with Crippen LogP contribution in [0.25, 0.3) is 83.1 Å². The molecule has 0 heteroatoms. The molecule has 0 fully saturated rings. The minimum absolute atomic E-state index is 0.186. The van der Waals surface area contributed by atoms with Gasteiger partial charge in [0.25, 0.3) is 0 Å². The van der Waals surface area contributed by atoms with Crippen molar-refractivity contribution in [2.75, 3.05) is 0 Å². The minimum Gasteiger partial charge on any atom is -0.0622 e. The SMILES string of the molecule is CC1(C)c2ccc(C3=C4C(=C(c5ccccc5)c5cc(-c6ccccc6)c(-c6ccccc6)cc54)C(c4ccccc4)=C3c3ccccc3)cc2-c2ccc(-c3cccc4ccccc34)cc21. The summed E-state index contributed by atoms with van der Waals surface area (Å²) in [5.41, 5.74) is 27.7. The molecule has 10 aromatic carbocycles. The maximum atomic E-state index is 2.52. The van der Waals surface area contributed by atoms with Gasteiger partial charge in [0.15, 0.2) is 0 Å². The average molecular weight is 851 g/mol. The highest BCUT2D eigenvalue weighted by Crippen LogP contribution is 2.63. The summed E-state index contributed by atoms with van der Waals surface area (Å²) in [6.45, 7) is 4.81. The topological polar surface area (TPSA) is 0 Å². The van der Waals surface area contributed by atoms with Crippen LogP contribution in [0.2, 0.25) is 0 Å². The molecule has 0 amide bonds. The molecule has 0 unspecified atom stereocenters. The van der Waals surface area contributed by atoms with Crippen molar-refractivity contribution < 1.29 is 0 Å². The van der Waals surface area contributed by atoms with Crippen LogP contribution in [-0.4, -0.2) is 0 Å². The van der Waals surface area contributed by atoms with Crippen molar-refractivity contribution in [3.05, 3.63) is 293 Å². The van der Waals surface area contributed by atoms with E-state index in [1.54, 1.807) is 0 Å². The number of allylic oxidation sites excluding steroid dienone is 5. The monoisotopic (exact) mass is 850 g/mol. The second-order valence-electron chi connectivity index (χ2n) is 18.7. The molecule has 0 spiro atoms. The first-order chi connectivity index (χ1) is 33.0. The summed E-state index contributed by atoms with van der Waals surface area (Å²) < 4.78 is 0. The van der Waals surface area contributed by atoms with Crippen LogP contribution in [0.3, 0.4) is 0 Å². The van der Waals surface area contributed by atoms with Crippen LogP contribution in [0, 0.1) is 0 Å². The van der Waals surface area contributed by atoms with Crippen LogP contribution in [-0.2, 0) is 5.41 Å². The Bertz CT molecular complexity index is 3690. The first-order valence-corrected chi connectivity index (χ1v) is 23.5. The normalized spacial score (nSPS) is 14.4. The molecule has 3 aliphatic rings. The number of benzene rings is 10. The van der Waals surface area contributed by atoms with Gasteiger partial charge in [-0.05, 0) is 157 Å². The van der Waals surface area contributed by atoms with Crippen molar-refractivity contribution in [2.24, 2.45) is 0 Å². The molecular weight excluding hydrogens is 805 g/mol. The lowest BCUT2D eigenvalue weighted by atomic mass is 9.80. The van der Waals surface area contributed by atoms with Gasteiger partial charge >= 0.3 is 0 Å². The highest BCUT2D eigenvalue weighted by atomic mass is 14.4. The van der Waals surface area contributed by atoms with Gasteiger partial charge in [-0.2, -0.15) is 0 Å². The van der Waals surface area contributed by atoms with E-state index in [4.69, 9.17) is 0 Å². The molecule has 314 valence electrons. The molecule has 0 heterocycles. The number of hydrogen-bond acceptors (Lipinski definition) is 0. The van der Waals surface area contributed by atoms with Gasteiger partial charge in [-0.1, -0.05) is 232 Å². The van der Waals surface area contributed by atoms with Crippen LogP contribution < -0.4 is 0 Å². The van der Waals surface area contributed by atoms with Gasteiger partial charge in [-0.25, -0.2) is 0 Å². The molecule has 0 N–H and O–H groups in total. The zero-order valence-corrected chi connectivity index (χ0v) is 37.6. The van der Waals surface area contributed by atoms with Crippen LogP contribution in [0.4, 0.5) is 0 Å². The van der Waals surface area contributed by atoms with E-state index >= 15 is 0 Å². The summed E-state index contributed by atoms with van der Waals surface area (Å²) >= 11 is 0. The zero-order valence-electron chi connectivity index (χ0n) is 37.6. The van der Waals surface area contributed by atoms with E-state index in [1.807, 2.05) is 0 Å². The number of fused-ring (bicyclic) bond motifs is 7.